The summed E-state index contributed by atoms with van der Waals surface area (Å²) in [6, 6.07) is 11.0. The van der Waals surface area contributed by atoms with Crippen molar-refractivity contribution in [1.82, 2.24) is 14.7 Å². The summed E-state index contributed by atoms with van der Waals surface area (Å²) in [4.78, 5) is 2.55. The van der Waals surface area contributed by atoms with Crippen LogP contribution in [0.5, 0.6) is 5.75 Å². The highest BCUT2D eigenvalue weighted by molar-refractivity contribution is 5.34. The Labute approximate surface area is 126 Å². The lowest BCUT2D eigenvalue weighted by molar-refractivity contribution is 0.239. The molecule has 4 heteroatoms. The van der Waals surface area contributed by atoms with E-state index in [1.54, 1.807) is 7.11 Å². The molecule has 0 N–H and O–H groups in total. The van der Waals surface area contributed by atoms with E-state index >= 15 is 0 Å². The summed E-state index contributed by atoms with van der Waals surface area (Å²) in [5, 5.41) is 4.50. The molecule has 1 aliphatic rings. The van der Waals surface area contributed by atoms with Crippen molar-refractivity contribution in [3.05, 3.63) is 47.8 Å². The number of hydrogen-bond acceptors (Lipinski definition) is 3. The number of nitrogens with zero attached hydrogens (tertiary/aromatic N) is 3. The number of rotatable bonds is 5. The van der Waals surface area contributed by atoms with Crippen LogP contribution in [0.25, 0.3) is 0 Å². The van der Waals surface area contributed by atoms with E-state index in [1.165, 1.54) is 18.4 Å². The molecule has 0 amide bonds. The van der Waals surface area contributed by atoms with Gasteiger partial charge < -0.3 is 4.74 Å². The molecule has 2 heterocycles. The lowest BCUT2D eigenvalue weighted by Gasteiger charge is -2.24. The molecular formula is C17H23N3O. The fourth-order valence-corrected chi connectivity index (χ4v) is 3.22. The first kappa shape index (κ1) is 14.1. The first-order valence-corrected chi connectivity index (χ1v) is 7.61. The highest BCUT2D eigenvalue weighted by atomic mass is 16.5. The molecule has 112 valence electrons. The Bertz CT molecular complexity index is 593. The van der Waals surface area contributed by atoms with Gasteiger partial charge in [0.05, 0.1) is 12.8 Å². The van der Waals surface area contributed by atoms with Crippen LogP contribution in [0, 0.1) is 0 Å². The molecule has 1 fully saturated rings. The summed E-state index contributed by atoms with van der Waals surface area (Å²) in [5.74, 6) is 1.00. The van der Waals surface area contributed by atoms with Crippen LogP contribution in [-0.4, -0.2) is 34.4 Å². The predicted octanol–water partition coefficient (Wildman–Crippen LogP) is 2.64. The number of ether oxygens (including phenoxy) is 1. The third-order valence-electron chi connectivity index (χ3n) is 4.28. The van der Waals surface area contributed by atoms with Crippen LogP contribution >= 0.6 is 0 Å². The van der Waals surface area contributed by atoms with Gasteiger partial charge in [0.2, 0.25) is 0 Å². The third kappa shape index (κ3) is 3.27. The van der Waals surface area contributed by atoms with E-state index in [0.717, 1.165) is 31.0 Å². The second-order valence-corrected chi connectivity index (χ2v) is 5.76. The van der Waals surface area contributed by atoms with E-state index in [-0.39, 0.29) is 0 Å². The zero-order valence-electron chi connectivity index (χ0n) is 12.8. The summed E-state index contributed by atoms with van der Waals surface area (Å²) >= 11 is 0. The molecule has 0 saturated carbocycles. The maximum absolute atomic E-state index is 5.48. The van der Waals surface area contributed by atoms with Crippen LogP contribution < -0.4 is 4.74 Å². The van der Waals surface area contributed by atoms with Crippen molar-refractivity contribution in [1.29, 1.82) is 0 Å². The van der Waals surface area contributed by atoms with Gasteiger partial charge in [-0.25, -0.2) is 0 Å². The molecule has 3 rings (SSSR count). The third-order valence-corrected chi connectivity index (χ3v) is 4.28. The van der Waals surface area contributed by atoms with E-state index < -0.39 is 0 Å². The summed E-state index contributed by atoms with van der Waals surface area (Å²) in [6.45, 7) is 2.11. The van der Waals surface area contributed by atoms with Crippen LogP contribution in [0.3, 0.4) is 0 Å². The van der Waals surface area contributed by atoms with Gasteiger partial charge in [-0.2, -0.15) is 5.10 Å². The van der Waals surface area contributed by atoms with E-state index in [4.69, 9.17) is 4.74 Å². The lowest BCUT2D eigenvalue weighted by Crippen LogP contribution is -2.31. The molecule has 1 atom stereocenters. The molecular weight excluding hydrogens is 262 g/mol. The molecule has 0 radical (unpaired) electrons. The van der Waals surface area contributed by atoms with Crippen LogP contribution in [-0.2, 0) is 20.0 Å². The Morgan fingerprint density at radius 3 is 2.90 bits per heavy atom. The summed E-state index contributed by atoms with van der Waals surface area (Å²) in [6.07, 6.45) is 5.59. The maximum Gasteiger partial charge on any atom is 0.122 e. The van der Waals surface area contributed by atoms with Crippen molar-refractivity contribution in [3.63, 3.8) is 0 Å². The average molecular weight is 285 g/mol. The van der Waals surface area contributed by atoms with Gasteiger partial charge in [0.25, 0.3) is 0 Å². The zero-order valence-corrected chi connectivity index (χ0v) is 12.8. The Kier molecular flexibility index (Phi) is 4.25. The first-order valence-electron chi connectivity index (χ1n) is 7.61. The molecule has 1 aromatic carbocycles. The van der Waals surface area contributed by atoms with Crippen molar-refractivity contribution >= 4 is 0 Å². The number of para-hydroxylation sites is 1. The minimum absolute atomic E-state index is 0.586. The van der Waals surface area contributed by atoms with Crippen molar-refractivity contribution in [2.24, 2.45) is 7.05 Å². The van der Waals surface area contributed by atoms with Gasteiger partial charge in [-0.05, 0) is 43.5 Å². The molecule has 0 bridgehead atoms. The number of hydrogen-bond donors (Lipinski definition) is 0. The average Bonchev–Trinajstić information content (AvgIpc) is 3.10. The molecule has 4 nitrogen and oxygen atoms in total. The fraction of sp³-hybridized carbons (Fsp3) is 0.471. The summed E-state index contributed by atoms with van der Waals surface area (Å²) in [5.41, 5.74) is 2.46. The molecule has 1 aliphatic heterocycles. The van der Waals surface area contributed by atoms with Crippen LogP contribution in [0.2, 0.25) is 0 Å². The van der Waals surface area contributed by atoms with Gasteiger partial charge in [0.1, 0.15) is 5.75 Å². The van der Waals surface area contributed by atoms with Crippen molar-refractivity contribution in [3.8, 4) is 5.75 Å². The van der Waals surface area contributed by atoms with Gasteiger partial charge in [0.15, 0.2) is 0 Å². The minimum Gasteiger partial charge on any atom is -0.496 e. The Morgan fingerprint density at radius 1 is 1.29 bits per heavy atom. The second-order valence-electron chi connectivity index (χ2n) is 5.76. The maximum atomic E-state index is 5.48. The van der Waals surface area contributed by atoms with Crippen LogP contribution in [0.1, 0.15) is 24.1 Å². The highest BCUT2D eigenvalue weighted by Crippen LogP contribution is 2.26. The zero-order chi connectivity index (χ0) is 14.7. The smallest absolute Gasteiger partial charge is 0.122 e. The molecule has 2 aromatic rings. The number of likely N-dealkylation sites (tertiary alicyclic amines) is 1. The highest BCUT2D eigenvalue weighted by Gasteiger charge is 2.26. The number of aromatic nitrogens is 2. The van der Waals surface area contributed by atoms with Crippen LogP contribution in [0.4, 0.5) is 0 Å². The van der Waals surface area contributed by atoms with Gasteiger partial charge in [-0.3, -0.25) is 9.58 Å². The number of aryl methyl sites for hydroxylation is 1. The Hall–Kier alpha value is -1.81. The molecule has 1 aromatic heterocycles. The fourth-order valence-electron chi connectivity index (χ4n) is 3.22. The monoisotopic (exact) mass is 285 g/mol. The summed E-state index contributed by atoms with van der Waals surface area (Å²) < 4.78 is 7.35. The van der Waals surface area contributed by atoms with E-state index in [0.29, 0.717) is 6.04 Å². The minimum atomic E-state index is 0.586. The normalized spacial score (nSPS) is 19.0. The number of benzene rings is 1. The van der Waals surface area contributed by atoms with Crippen molar-refractivity contribution in [2.75, 3.05) is 13.7 Å². The summed E-state index contributed by atoms with van der Waals surface area (Å²) in [7, 11) is 3.72. The Morgan fingerprint density at radius 2 is 2.14 bits per heavy atom. The lowest BCUT2D eigenvalue weighted by atomic mass is 10.0. The molecule has 0 spiro atoms. The number of methoxy groups -OCH3 is 1. The largest absolute Gasteiger partial charge is 0.496 e. The quantitative estimate of drug-likeness (QED) is 0.846. The second kappa shape index (κ2) is 6.31. The van der Waals surface area contributed by atoms with E-state index in [2.05, 4.69) is 28.2 Å². The molecule has 21 heavy (non-hydrogen) atoms. The topological polar surface area (TPSA) is 30.3 Å². The Balaban J connectivity index is 1.69. The van der Waals surface area contributed by atoms with Crippen LogP contribution in [0.15, 0.2) is 36.5 Å². The van der Waals surface area contributed by atoms with Gasteiger partial charge >= 0.3 is 0 Å². The van der Waals surface area contributed by atoms with E-state index in [1.807, 2.05) is 30.1 Å². The SMILES string of the molecule is COc1ccccc1C[C@@H]1CCCN1Cc1ccn(C)n1. The van der Waals surface area contributed by atoms with Gasteiger partial charge in [-0.15, -0.1) is 0 Å². The molecule has 0 unspecified atom stereocenters. The first-order chi connectivity index (χ1) is 10.3. The van der Waals surface area contributed by atoms with Gasteiger partial charge in [0, 0.05) is 25.8 Å². The van der Waals surface area contributed by atoms with E-state index in [9.17, 15) is 0 Å². The molecule has 1 saturated heterocycles. The standard InChI is InChI=1S/C17H23N3O/c1-19-11-9-15(18-19)13-20-10-5-7-16(20)12-14-6-3-4-8-17(14)21-2/h3-4,6,8-9,11,16H,5,7,10,12-13H2,1-2H3/t16-/m0/s1. The molecule has 0 aliphatic carbocycles. The van der Waals surface area contributed by atoms with Crippen molar-refractivity contribution < 1.29 is 4.74 Å². The van der Waals surface area contributed by atoms with Gasteiger partial charge in [-0.1, -0.05) is 18.2 Å². The van der Waals surface area contributed by atoms with Crippen molar-refractivity contribution in [2.45, 2.75) is 31.8 Å². The predicted molar refractivity (Wildman–Crippen MR) is 83.3 cm³/mol.